The van der Waals surface area contributed by atoms with Crippen LogP contribution in [0.25, 0.3) is 32.2 Å². The Hall–Kier alpha value is -5.01. The van der Waals surface area contributed by atoms with Crippen molar-refractivity contribution in [1.82, 2.24) is 24.8 Å². The fourth-order valence-corrected chi connectivity index (χ4v) is 8.09. The number of ether oxygens (including phenoxy) is 3. The van der Waals surface area contributed by atoms with Crippen LogP contribution in [0.4, 0.5) is 24.9 Å². The Morgan fingerprint density at radius 1 is 1.15 bits per heavy atom. The molecule has 16 heteroatoms. The zero-order valence-corrected chi connectivity index (χ0v) is 30.4. The van der Waals surface area contributed by atoms with E-state index in [1.54, 1.807) is 26.8 Å². The first-order valence-electron chi connectivity index (χ1n) is 17.4. The minimum atomic E-state index is -1.07. The van der Waals surface area contributed by atoms with Crippen LogP contribution >= 0.6 is 11.3 Å². The van der Waals surface area contributed by atoms with Crippen LogP contribution in [-0.4, -0.2) is 106 Å². The van der Waals surface area contributed by atoms with Crippen molar-refractivity contribution in [3.05, 3.63) is 29.6 Å². The highest BCUT2D eigenvalue weighted by Gasteiger charge is 2.34. The summed E-state index contributed by atoms with van der Waals surface area (Å²) in [5, 5.41) is 22.9. The summed E-state index contributed by atoms with van der Waals surface area (Å²) < 4.78 is 33.7. The molecule has 274 valence electrons. The SMILES string of the molecule is CN1CCC[C@H]1COc1nc(N2CCN(C(=O)O)[C@@H](CC#N)C2)c2c3c(c(-c4ccc(F)c5sc(NC(=O)OC(C)(C)C)nc45)cc2n1)CCCO3. The van der Waals surface area contributed by atoms with Crippen molar-refractivity contribution in [2.45, 2.75) is 70.6 Å². The molecule has 7 rings (SSSR count). The van der Waals surface area contributed by atoms with Gasteiger partial charge in [0.05, 0.1) is 46.3 Å². The molecule has 4 aromatic rings. The van der Waals surface area contributed by atoms with Gasteiger partial charge in [-0.1, -0.05) is 11.3 Å². The number of nitrogens with zero attached hydrogens (tertiary/aromatic N) is 7. The van der Waals surface area contributed by atoms with E-state index in [0.29, 0.717) is 59.7 Å². The molecule has 0 spiro atoms. The summed E-state index contributed by atoms with van der Waals surface area (Å²) in [4.78, 5) is 44.7. The van der Waals surface area contributed by atoms with Crippen LogP contribution < -0.4 is 19.7 Å². The zero-order valence-electron chi connectivity index (χ0n) is 29.6. The molecule has 2 amide bonds. The highest BCUT2D eigenvalue weighted by atomic mass is 32.1. The molecule has 14 nitrogen and oxygen atoms in total. The van der Waals surface area contributed by atoms with Crippen molar-refractivity contribution in [2.24, 2.45) is 0 Å². The number of fused-ring (bicyclic) bond motifs is 4. The lowest BCUT2D eigenvalue weighted by Crippen LogP contribution is -2.55. The van der Waals surface area contributed by atoms with Gasteiger partial charge in [-0.2, -0.15) is 15.2 Å². The van der Waals surface area contributed by atoms with Gasteiger partial charge in [0.25, 0.3) is 0 Å². The first kappa shape index (κ1) is 35.4. The molecule has 2 fully saturated rings. The average molecular weight is 733 g/mol. The van der Waals surface area contributed by atoms with E-state index in [0.717, 1.165) is 48.3 Å². The van der Waals surface area contributed by atoms with Crippen molar-refractivity contribution in [2.75, 3.05) is 56.7 Å². The largest absolute Gasteiger partial charge is 0.492 e. The highest BCUT2D eigenvalue weighted by molar-refractivity contribution is 7.22. The highest BCUT2D eigenvalue weighted by Crippen LogP contribution is 2.46. The molecule has 2 aromatic heterocycles. The second kappa shape index (κ2) is 14.2. The third-order valence-corrected chi connectivity index (χ3v) is 10.6. The van der Waals surface area contributed by atoms with E-state index in [4.69, 9.17) is 24.2 Å². The van der Waals surface area contributed by atoms with Crippen LogP contribution in [0.2, 0.25) is 0 Å². The molecule has 0 saturated carbocycles. The molecule has 0 unspecified atom stereocenters. The number of anilines is 2. The van der Waals surface area contributed by atoms with Gasteiger partial charge >= 0.3 is 18.2 Å². The monoisotopic (exact) mass is 732 g/mol. The van der Waals surface area contributed by atoms with Crippen LogP contribution in [0.15, 0.2) is 18.2 Å². The number of rotatable bonds is 7. The maximum absolute atomic E-state index is 15.3. The normalized spacial score (nSPS) is 19.3. The Morgan fingerprint density at radius 3 is 2.71 bits per heavy atom. The second-order valence-corrected chi connectivity index (χ2v) is 15.4. The second-order valence-electron chi connectivity index (χ2n) is 14.4. The average Bonchev–Trinajstić information content (AvgIpc) is 3.72. The minimum absolute atomic E-state index is 0.0287. The summed E-state index contributed by atoms with van der Waals surface area (Å²) >= 11 is 1.02. The number of carbonyl (C=O) groups is 2. The topological polar surface area (TPSA) is 166 Å². The number of likely N-dealkylation sites (tertiary alicyclic amines) is 1. The number of halogens is 1. The fraction of sp³-hybridized carbons (Fsp3) is 0.500. The van der Waals surface area contributed by atoms with Gasteiger partial charge in [-0.05, 0) is 83.8 Å². The van der Waals surface area contributed by atoms with E-state index in [1.165, 1.54) is 11.0 Å². The predicted octanol–water partition coefficient (Wildman–Crippen LogP) is 6.27. The van der Waals surface area contributed by atoms with Gasteiger partial charge in [0.1, 0.15) is 29.6 Å². The van der Waals surface area contributed by atoms with Crippen LogP contribution in [-0.2, 0) is 11.2 Å². The Bertz CT molecular complexity index is 2080. The van der Waals surface area contributed by atoms with E-state index in [9.17, 15) is 20.0 Å². The van der Waals surface area contributed by atoms with E-state index < -0.39 is 29.6 Å². The van der Waals surface area contributed by atoms with Gasteiger partial charge in [-0.3, -0.25) is 5.32 Å². The van der Waals surface area contributed by atoms with Crippen molar-refractivity contribution in [3.63, 3.8) is 0 Å². The number of carbonyl (C=O) groups excluding carboxylic acids is 1. The molecule has 2 atom stereocenters. The van der Waals surface area contributed by atoms with Gasteiger partial charge in [-0.25, -0.2) is 19.0 Å². The molecule has 3 aliphatic rings. The Balaban J connectivity index is 1.36. The summed E-state index contributed by atoms with van der Waals surface area (Å²) in [7, 11) is 2.07. The number of aromatic nitrogens is 3. The standard InChI is InChI=1S/C36H41FN8O6S/c1-36(2,3)51-34(46)42-33-40-28-22(9-10-25(37)30(28)52-33)24-17-26-27(29-23(24)8-6-16-49-29)31(41-32(39-26)50-19-21-7-5-13-43(21)4)44-14-15-45(35(47)48)20(18-44)11-12-38/h9-10,17,20-21H,5-8,11,13-16,18-19H2,1-4H3,(H,47,48)(H,40,42,46)/t20-,21-/m0/s1. The summed E-state index contributed by atoms with van der Waals surface area (Å²) in [5.41, 5.74) is 2.47. The number of amides is 2. The van der Waals surface area contributed by atoms with Crippen molar-refractivity contribution in [1.29, 1.82) is 5.26 Å². The van der Waals surface area contributed by atoms with E-state index in [2.05, 4.69) is 28.3 Å². The Kier molecular flexibility index (Phi) is 9.66. The number of hydrogen-bond acceptors (Lipinski definition) is 12. The quantitative estimate of drug-likeness (QED) is 0.219. The van der Waals surface area contributed by atoms with Crippen LogP contribution in [0, 0.1) is 17.1 Å². The summed E-state index contributed by atoms with van der Waals surface area (Å²) in [6, 6.07) is 6.95. The Labute approximate surface area is 304 Å². The Morgan fingerprint density at radius 2 is 1.98 bits per heavy atom. The van der Waals surface area contributed by atoms with Crippen molar-refractivity contribution >= 4 is 55.6 Å². The molecule has 0 bridgehead atoms. The van der Waals surface area contributed by atoms with Gasteiger partial charge in [0.15, 0.2) is 5.13 Å². The van der Waals surface area contributed by atoms with E-state index >= 15 is 4.39 Å². The number of nitrogens with one attached hydrogen (secondary N) is 1. The minimum Gasteiger partial charge on any atom is -0.492 e. The first-order valence-corrected chi connectivity index (χ1v) is 18.3. The molecule has 3 aliphatic heterocycles. The zero-order chi connectivity index (χ0) is 36.7. The van der Waals surface area contributed by atoms with Gasteiger partial charge in [0, 0.05) is 36.8 Å². The molecule has 2 N–H and O–H groups in total. The molecular weight excluding hydrogens is 692 g/mol. The van der Waals surface area contributed by atoms with Gasteiger partial charge < -0.3 is 34.0 Å². The third-order valence-electron chi connectivity index (χ3n) is 9.65. The molecule has 52 heavy (non-hydrogen) atoms. The fourth-order valence-electron chi connectivity index (χ4n) is 7.21. The molecule has 0 aliphatic carbocycles. The maximum Gasteiger partial charge on any atom is 0.413 e. The van der Waals surface area contributed by atoms with Crippen molar-refractivity contribution < 1.29 is 33.3 Å². The van der Waals surface area contributed by atoms with Crippen LogP contribution in [0.1, 0.15) is 52.0 Å². The first-order chi connectivity index (χ1) is 24.9. The number of benzene rings is 2. The number of hydrogen-bond donors (Lipinski definition) is 2. The lowest BCUT2D eigenvalue weighted by molar-refractivity contribution is 0.0635. The molecular formula is C36H41FN8O6S. The van der Waals surface area contributed by atoms with Crippen LogP contribution in [0.3, 0.4) is 0 Å². The smallest absolute Gasteiger partial charge is 0.413 e. The number of carboxylic acid groups (broad SMARTS) is 1. The molecule has 2 saturated heterocycles. The molecule has 5 heterocycles. The van der Waals surface area contributed by atoms with Crippen LogP contribution in [0.5, 0.6) is 11.8 Å². The van der Waals surface area contributed by atoms with E-state index in [1.807, 2.05) is 11.0 Å². The maximum atomic E-state index is 15.3. The van der Waals surface area contributed by atoms with E-state index in [-0.39, 0.29) is 41.4 Å². The number of likely N-dealkylation sites (N-methyl/N-ethyl adjacent to an activating group) is 1. The number of piperazine rings is 1. The summed E-state index contributed by atoms with van der Waals surface area (Å²) in [6.07, 6.45) is 1.74. The lowest BCUT2D eigenvalue weighted by Gasteiger charge is -2.40. The third kappa shape index (κ3) is 7.07. The predicted molar refractivity (Wildman–Crippen MR) is 194 cm³/mol. The van der Waals surface area contributed by atoms with Gasteiger partial charge in [0.2, 0.25) is 0 Å². The number of thiazole rings is 1. The van der Waals surface area contributed by atoms with Gasteiger partial charge in [-0.15, -0.1) is 0 Å². The van der Waals surface area contributed by atoms with Crippen molar-refractivity contribution in [3.8, 4) is 29.0 Å². The summed E-state index contributed by atoms with van der Waals surface area (Å²) in [6.45, 7) is 7.88. The summed E-state index contributed by atoms with van der Waals surface area (Å²) in [5.74, 6) is 0.663. The lowest BCUT2D eigenvalue weighted by atomic mass is 9.91. The number of nitriles is 1. The molecule has 2 aromatic carbocycles. The molecule has 0 radical (unpaired) electrons.